The minimum Gasteiger partial charge on any atom is -0.382 e. The van der Waals surface area contributed by atoms with E-state index in [1.54, 1.807) is 0 Å². The molecule has 0 aromatic heterocycles. The normalized spacial score (nSPS) is 10.8. The molecule has 1 aromatic carbocycles. The quantitative estimate of drug-likeness (QED) is 0.705. The largest absolute Gasteiger partial charge is 0.382 e. The summed E-state index contributed by atoms with van der Waals surface area (Å²) in [5.74, 6) is 0. The summed E-state index contributed by atoms with van der Waals surface area (Å²) < 4.78 is 0. The molecule has 16 heavy (non-hydrogen) atoms. The van der Waals surface area contributed by atoms with Gasteiger partial charge in [0.1, 0.15) is 0 Å². The molecule has 0 radical (unpaired) electrons. The van der Waals surface area contributed by atoms with E-state index in [4.69, 9.17) is 0 Å². The van der Waals surface area contributed by atoms with E-state index < -0.39 is 0 Å². The molecule has 1 rings (SSSR count). The molecule has 90 valence electrons. The van der Waals surface area contributed by atoms with Crippen molar-refractivity contribution in [1.29, 1.82) is 0 Å². The van der Waals surface area contributed by atoms with Gasteiger partial charge < -0.3 is 5.32 Å². The Balaban J connectivity index is 2.54. The lowest BCUT2D eigenvalue weighted by Crippen LogP contribution is -2.18. The zero-order valence-corrected chi connectivity index (χ0v) is 10.9. The van der Waals surface area contributed by atoms with Crippen LogP contribution in [0, 0.1) is 0 Å². The lowest BCUT2D eigenvalue weighted by atomic mass is 10.1. The van der Waals surface area contributed by atoms with Crippen LogP contribution < -0.4 is 5.32 Å². The molecule has 0 aliphatic heterocycles. The number of hydrogen-bond donors (Lipinski definition) is 1. The number of aryl methyl sites for hydroxylation is 1. The Hall–Kier alpha value is -0.980. The molecule has 0 spiro atoms. The summed E-state index contributed by atoms with van der Waals surface area (Å²) in [6, 6.07) is 9.49. The minimum atomic E-state index is 0.641. The van der Waals surface area contributed by atoms with E-state index in [0.29, 0.717) is 6.04 Å². The molecule has 0 amide bonds. The second kappa shape index (κ2) is 7.32. The lowest BCUT2D eigenvalue weighted by molar-refractivity contribution is 0.586. The monoisotopic (exact) mass is 219 g/mol. The van der Waals surface area contributed by atoms with Crippen LogP contribution in [0.5, 0.6) is 0 Å². The number of nitrogens with one attached hydrogen (secondary N) is 1. The van der Waals surface area contributed by atoms with Crippen molar-refractivity contribution in [2.75, 3.05) is 5.32 Å². The smallest absolute Gasteiger partial charge is 0.0342 e. The third-order valence-electron chi connectivity index (χ3n) is 3.01. The standard InChI is InChI=1S/C15H25N/c1-4-7-14(8-5-2)16-15-11-9-13(6-3)10-12-15/h9-12,14,16H,4-8H2,1-3H3. The zero-order valence-electron chi connectivity index (χ0n) is 10.9. The molecule has 0 aliphatic rings. The summed E-state index contributed by atoms with van der Waals surface area (Å²) in [6.07, 6.45) is 6.16. The van der Waals surface area contributed by atoms with Crippen LogP contribution in [0.1, 0.15) is 52.0 Å². The summed E-state index contributed by atoms with van der Waals surface area (Å²) in [7, 11) is 0. The van der Waals surface area contributed by atoms with Gasteiger partial charge in [-0.05, 0) is 37.0 Å². The molecule has 1 heteroatoms. The predicted molar refractivity (Wildman–Crippen MR) is 73.0 cm³/mol. The van der Waals surface area contributed by atoms with Crippen molar-refractivity contribution < 1.29 is 0 Å². The Kier molecular flexibility index (Phi) is 5.99. The molecular formula is C15H25N. The van der Waals surface area contributed by atoms with E-state index in [0.717, 1.165) is 6.42 Å². The third-order valence-corrected chi connectivity index (χ3v) is 3.01. The van der Waals surface area contributed by atoms with Gasteiger partial charge in [-0.1, -0.05) is 45.7 Å². The molecule has 0 saturated heterocycles. The summed E-state index contributed by atoms with van der Waals surface area (Å²) in [5, 5.41) is 3.63. The number of hydrogen-bond acceptors (Lipinski definition) is 1. The fourth-order valence-corrected chi connectivity index (χ4v) is 2.06. The molecule has 0 aliphatic carbocycles. The highest BCUT2D eigenvalue weighted by Crippen LogP contribution is 2.15. The fourth-order valence-electron chi connectivity index (χ4n) is 2.06. The molecular weight excluding hydrogens is 194 g/mol. The summed E-state index contributed by atoms with van der Waals surface area (Å²) >= 11 is 0. The van der Waals surface area contributed by atoms with Crippen LogP contribution >= 0.6 is 0 Å². The van der Waals surface area contributed by atoms with E-state index in [1.807, 2.05) is 0 Å². The van der Waals surface area contributed by atoms with Gasteiger partial charge in [-0.2, -0.15) is 0 Å². The molecule has 1 N–H and O–H groups in total. The van der Waals surface area contributed by atoms with Gasteiger partial charge in [0.25, 0.3) is 0 Å². The molecule has 0 fully saturated rings. The summed E-state index contributed by atoms with van der Waals surface area (Å²) in [5.41, 5.74) is 2.68. The second-order valence-electron chi connectivity index (χ2n) is 4.47. The molecule has 0 saturated carbocycles. The zero-order chi connectivity index (χ0) is 11.8. The van der Waals surface area contributed by atoms with Crippen molar-refractivity contribution in [3.05, 3.63) is 29.8 Å². The van der Waals surface area contributed by atoms with Crippen LogP contribution in [-0.2, 0) is 6.42 Å². The molecule has 0 heterocycles. The summed E-state index contributed by atoms with van der Waals surface area (Å²) in [4.78, 5) is 0. The highest BCUT2D eigenvalue weighted by molar-refractivity contribution is 5.45. The van der Waals surface area contributed by atoms with Crippen LogP contribution in [0.3, 0.4) is 0 Å². The first-order valence-corrected chi connectivity index (χ1v) is 6.65. The fraction of sp³-hybridized carbons (Fsp3) is 0.600. The molecule has 0 bridgehead atoms. The first-order valence-electron chi connectivity index (χ1n) is 6.65. The van der Waals surface area contributed by atoms with Gasteiger partial charge in [-0.3, -0.25) is 0 Å². The maximum absolute atomic E-state index is 3.63. The Morgan fingerprint density at radius 2 is 1.50 bits per heavy atom. The highest BCUT2D eigenvalue weighted by Gasteiger charge is 2.05. The Bertz CT molecular complexity index is 270. The van der Waals surface area contributed by atoms with Crippen LogP contribution in [0.4, 0.5) is 5.69 Å². The van der Waals surface area contributed by atoms with Crippen molar-refractivity contribution in [3.63, 3.8) is 0 Å². The van der Waals surface area contributed by atoms with Crippen LogP contribution in [0.2, 0.25) is 0 Å². The van der Waals surface area contributed by atoms with Crippen molar-refractivity contribution in [2.24, 2.45) is 0 Å². The third kappa shape index (κ3) is 4.26. The van der Waals surface area contributed by atoms with Gasteiger partial charge in [0, 0.05) is 11.7 Å². The van der Waals surface area contributed by atoms with Crippen molar-refractivity contribution >= 4 is 5.69 Å². The van der Waals surface area contributed by atoms with E-state index in [2.05, 4.69) is 50.4 Å². The molecule has 1 nitrogen and oxygen atoms in total. The minimum absolute atomic E-state index is 0.641. The van der Waals surface area contributed by atoms with Crippen molar-refractivity contribution in [2.45, 2.75) is 58.9 Å². The van der Waals surface area contributed by atoms with Crippen LogP contribution in [0.25, 0.3) is 0 Å². The number of anilines is 1. The van der Waals surface area contributed by atoms with E-state index in [-0.39, 0.29) is 0 Å². The SMILES string of the molecule is CCCC(CCC)Nc1ccc(CC)cc1. The van der Waals surface area contributed by atoms with E-state index in [9.17, 15) is 0 Å². The maximum Gasteiger partial charge on any atom is 0.0342 e. The van der Waals surface area contributed by atoms with E-state index >= 15 is 0 Å². The summed E-state index contributed by atoms with van der Waals surface area (Å²) in [6.45, 7) is 6.70. The van der Waals surface area contributed by atoms with Gasteiger partial charge in [0.2, 0.25) is 0 Å². The number of rotatable bonds is 7. The lowest BCUT2D eigenvalue weighted by Gasteiger charge is -2.18. The Labute approximate surface area is 100 Å². The number of benzene rings is 1. The Morgan fingerprint density at radius 1 is 0.938 bits per heavy atom. The first-order chi connectivity index (χ1) is 7.80. The van der Waals surface area contributed by atoms with Gasteiger partial charge >= 0.3 is 0 Å². The van der Waals surface area contributed by atoms with Crippen LogP contribution in [-0.4, -0.2) is 6.04 Å². The van der Waals surface area contributed by atoms with Gasteiger partial charge in [0.15, 0.2) is 0 Å². The molecule has 0 unspecified atom stereocenters. The van der Waals surface area contributed by atoms with Crippen LogP contribution in [0.15, 0.2) is 24.3 Å². The second-order valence-corrected chi connectivity index (χ2v) is 4.47. The average molecular weight is 219 g/mol. The van der Waals surface area contributed by atoms with Crippen molar-refractivity contribution in [1.82, 2.24) is 0 Å². The average Bonchev–Trinajstić information content (AvgIpc) is 2.31. The maximum atomic E-state index is 3.63. The highest BCUT2D eigenvalue weighted by atomic mass is 14.9. The predicted octanol–water partition coefficient (Wildman–Crippen LogP) is 4.63. The molecule has 1 aromatic rings. The van der Waals surface area contributed by atoms with Gasteiger partial charge in [-0.25, -0.2) is 0 Å². The van der Waals surface area contributed by atoms with Gasteiger partial charge in [-0.15, -0.1) is 0 Å². The Morgan fingerprint density at radius 3 is 1.94 bits per heavy atom. The van der Waals surface area contributed by atoms with E-state index in [1.165, 1.54) is 36.9 Å². The first kappa shape index (κ1) is 13.1. The molecule has 0 atom stereocenters. The van der Waals surface area contributed by atoms with Crippen molar-refractivity contribution in [3.8, 4) is 0 Å². The van der Waals surface area contributed by atoms with Gasteiger partial charge in [0.05, 0.1) is 0 Å². The topological polar surface area (TPSA) is 12.0 Å².